The van der Waals surface area contributed by atoms with Crippen LogP contribution in [0.5, 0.6) is 0 Å². The Morgan fingerprint density at radius 1 is 1.50 bits per heavy atom. The number of rotatable bonds is 6. The van der Waals surface area contributed by atoms with E-state index in [1.165, 1.54) is 6.42 Å². The Morgan fingerprint density at radius 3 is 2.67 bits per heavy atom. The maximum atomic E-state index is 6.03. The molecular formula is C15H26N2O. The summed E-state index contributed by atoms with van der Waals surface area (Å²) in [4.78, 5) is 2.32. The molecule has 4 atom stereocenters. The zero-order valence-corrected chi connectivity index (χ0v) is 12.0. The van der Waals surface area contributed by atoms with Crippen LogP contribution in [0.4, 0.5) is 0 Å². The van der Waals surface area contributed by atoms with E-state index in [1.54, 1.807) is 0 Å². The van der Waals surface area contributed by atoms with Gasteiger partial charge in [-0.15, -0.1) is 0 Å². The summed E-state index contributed by atoms with van der Waals surface area (Å²) in [5.74, 6) is 3.60. The molecule has 0 radical (unpaired) electrons. The summed E-state index contributed by atoms with van der Waals surface area (Å²) in [6.07, 6.45) is 2.39. The molecule has 1 aromatic rings. The number of hydrogen-bond donors (Lipinski definition) is 1. The van der Waals surface area contributed by atoms with E-state index < -0.39 is 0 Å². The molecule has 102 valence electrons. The zero-order chi connectivity index (χ0) is 13.3. The third-order valence-corrected chi connectivity index (χ3v) is 4.45. The van der Waals surface area contributed by atoms with E-state index in [1.807, 2.05) is 0 Å². The van der Waals surface area contributed by atoms with Gasteiger partial charge in [-0.3, -0.25) is 4.90 Å². The molecule has 4 unspecified atom stereocenters. The van der Waals surface area contributed by atoms with Gasteiger partial charge in [-0.25, -0.2) is 0 Å². The average Bonchev–Trinajstić information content (AvgIpc) is 2.91. The fraction of sp³-hybridized carbons (Fsp3) is 0.733. The SMILES string of the molecule is CCC(C)N(C)C(CN)c1ccc(C2CC2C)o1. The second-order valence-electron chi connectivity index (χ2n) is 5.73. The Hall–Kier alpha value is -0.800. The highest BCUT2D eigenvalue weighted by Crippen LogP contribution is 2.47. The van der Waals surface area contributed by atoms with Crippen molar-refractivity contribution in [2.75, 3.05) is 13.6 Å². The van der Waals surface area contributed by atoms with Crippen molar-refractivity contribution in [3.8, 4) is 0 Å². The Kier molecular flexibility index (Phi) is 4.13. The maximum absolute atomic E-state index is 6.03. The smallest absolute Gasteiger partial charge is 0.122 e. The Morgan fingerprint density at radius 2 is 2.17 bits per heavy atom. The van der Waals surface area contributed by atoms with Gasteiger partial charge in [0, 0.05) is 18.5 Å². The molecule has 2 N–H and O–H groups in total. The number of likely N-dealkylation sites (N-methyl/N-ethyl adjacent to an activating group) is 1. The Bertz CT molecular complexity index is 388. The lowest BCUT2D eigenvalue weighted by Gasteiger charge is -2.30. The van der Waals surface area contributed by atoms with Gasteiger partial charge in [0.25, 0.3) is 0 Å². The van der Waals surface area contributed by atoms with Gasteiger partial charge in [0.15, 0.2) is 0 Å². The minimum atomic E-state index is 0.197. The molecule has 1 saturated carbocycles. The topological polar surface area (TPSA) is 42.4 Å². The van der Waals surface area contributed by atoms with Gasteiger partial charge in [-0.05, 0) is 44.9 Å². The van der Waals surface area contributed by atoms with E-state index in [4.69, 9.17) is 10.2 Å². The van der Waals surface area contributed by atoms with Gasteiger partial charge in [-0.1, -0.05) is 13.8 Å². The summed E-state index contributed by atoms with van der Waals surface area (Å²) in [7, 11) is 2.13. The van der Waals surface area contributed by atoms with Crippen LogP contribution in [-0.4, -0.2) is 24.5 Å². The van der Waals surface area contributed by atoms with Gasteiger partial charge >= 0.3 is 0 Å². The fourth-order valence-electron chi connectivity index (χ4n) is 2.54. The van der Waals surface area contributed by atoms with Crippen LogP contribution in [0.3, 0.4) is 0 Å². The molecule has 0 amide bonds. The van der Waals surface area contributed by atoms with Crippen LogP contribution in [0, 0.1) is 5.92 Å². The normalized spacial score (nSPS) is 26.3. The summed E-state index contributed by atoms with van der Waals surface area (Å²) < 4.78 is 6.03. The van der Waals surface area contributed by atoms with Crippen LogP contribution in [0.1, 0.15) is 57.1 Å². The lowest BCUT2D eigenvalue weighted by atomic mass is 10.1. The molecule has 0 saturated heterocycles. The van der Waals surface area contributed by atoms with Gasteiger partial charge in [0.05, 0.1) is 6.04 Å². The van der Waals surface area contributed by atoms with Crippen LogP contribution < -0.4 is 5.73 Å². The van der Waals surface area contributed by atoms with Gasteiger partial charge < -0.3 is 10.2 Å². The second kappa shape index (κ2) is 5.45. The maximum Gasteiger partial charge on any atom is 0.122 e. The molecule has 0 aliphatic heterocycles. The third-order valence-electron chi connectivity index (χ3n) is 4.45. The van der Waals surface area contributed by atoms with Crippen molar-refractivity contribution >= 4 is 0 Å². The first-order valence-electron chi connectivity index (χ1n) is 7.10. The van der Waals surface area contributed by atoms with Crippen molar-refractivity contribution in [3.63, 3.8) is 0 Å². The van der Waals surface area contributed by atoms with E-state index in [9.17, 15) is 0 Å². The second-order valence-corrected chi connectivity index (χ2v) is 5.73. The molecule has 1 heterocycles. The van der Waals surface area contributed by atoms with E-state index in [0.717, 1.165) is 23.9 Å². The van der Waals surface area contributed by atoms with Crippen LogP contribution >= 0.6 is 0 Å². The number of furan rings is 1. The molecular weight excluding hydrogens is 224 g/mol. The van der Waals surface area contributed by atoms with E-state index in [2.05, 4.69) is 44.9 Å². The van der Waals surface area contributed by atoms with Gasteiger partial charge in [-0.2, -0.15) is 0 Å². The van der Waals surface area contributed by atoms with Gasteiger partial charge in [0.1, 0.15) is 11.5 Å². The summed E-state index contributed by atoms with van der Waals surface area (Å²) in [6, 6.07) is 4.96. The largest absolute Gasteiger partial charge is 0.464 e. The summed E-state index contributed by atoms with van der Waals surface area (Å²) in [5, 5.41) is 0. The van der Waals surface area contributed by atoms with Crippen LogP contribution in [0.15, 0.2) is 16.5 Å². The van der Waals surface area contributed by atoms with Crippen LogP contribution in [0.25, 0.3) is 0 Å². The molecule has 2 rings (SSSR count). The number of nitrogens with two attached hydrogens (primary N) is 1. The monoisotopic (exact) mass is 250 g/mol. The number of nitrogens with zero attached hydrogens (tertiary/aromatic N) is 1. The molecule has 3 nitrogen and oxygen atoms in total. The molecule has 3 heteroatoms. The number of hydrogen-bond acceptors (Lipinski definition) is 3. The van der Waals surface area contributed by atoms with E-state index in [-0.39, 0.29) is 6.04 Å². The predicted octanol–water partition coefficient (Wildman–Crippen LogP) is 3.13. The van der Waals surface area contributed by atoms with Crippen molar-refractivity contribution in [2.45, 2.75) is 51.6 Å². The lowest BCUT2D eigenvalue weighted by molar-refractivity contribution is 0.163. The first-order chi connectivity index (χ1) is 8.58. The van der Waals surface area contributed by atoms with Crippen LogP contribution in [0.2, 0.25) is 0 Å². The minimum absolute atomic E-state index is 0.197. The molecule has 0 bridgehead atoms. The van der Waals surface area contributed by atoms with Crippen molar-refractivity contribution in [2.24, 2.45) is 11.7 Å². The van der Waals surface area contributed by atoms with E-state index in [0.29, 0.717) is 18.5 Å². The first kappa shape index (κ1) is 13.6. The first-order valence-corrected chi connectivity index (χ1v) is 7.10. The molecule has 1 aliphatic carbocycles. The Labute approximate surface area is 110 Å². The van der Waals surface area contributed by atoms with Crippen molar-refractivity contribution in [3.05, 3.63) is 23.7 Å². The highest BCUT2D eigenvalue weighted by Gasteiger charge is 2.37. The zero-order valence-electron chi connectivity index (χ0n) is 12.0. The lowest BCUT2D eigenvalue weighted by Crippen LogP contribution is -2.36. The fourth-order valence-corrected chi connectivity index (χ4v) is 2.54. The minimum Gasteiger partial charge on any atom is -0.464 e. The van der Waals surface area contributed by atoms with Crippen molar-refractivity contribution < 1.29 is 4.42 Å². The highest BCUT2D eigenvalue weighted by atomic mass is 16.3. The average molecular weight is 250 g/mol. The molecule has 18 heavy (non-hydrogen) atoms. The molecule has 1 aromatic heterocycles. The van der Waals surface area contributed by atoms with Crippen LogP contribution in [-0.2, 0) is 0 Å². The quantitative estimate of drug-likeness (QED) is 0.843. The summed E-state index contributed by atoms with van der Waals surface area (Å²) >= 11 is 0. The molecule has 0 aromatic carbocycles. The van der Waals surface area contributed by atoms with Gasteiger partial charge in [0.2, 0.25) is 0 Å². The standard InChI is InChI=1S/C15H26N2O/c1-5-11(3)17(4)13(9-16)15-7-6-14(18-15)12-8-10(12)2/h6-7,10-13H,5,8-9,16H2,1-4H3. The molecule has 0 spiro atoms. The molecule has 1 fully saturated rings. The predicted molar refractivity (Wildman–Crippen MR) is 74.5 cm³/mol. The van der Waals surface area contributed by atoms with Crippen molar-refractivity contribution in [1.82, 2.24) is 4.90 Å². The highest BCUT2D eigenvalue weighted by molar-refractivity contribution is 5.19. The van der Waals surface area contributed by atoms with Crippen molar-refractivity contribution in [1.29, 1.82) is 0 Å². The summed E-state index contributed by atoms with van der Waals surface area (Å²) in [6.45, 7) is 7.32. The summed E-state index contributed by atoms with van der Waals surface area (Å²) in [5.41, 5.74) is 5.92. The molecule has 1 aliphatic rings. The third kappa shape index (κ3) is 2.62. The Balaban J connectivity index is 2.09. The van der Waals surface area contributed by atoms with E-state index >= 15 is 0 Å².